The van der Waals surface area contributed by atoms with Gasteiger partial charge in [0.2, 0.25) is 11.8 Å². The predicted octanol–water partition coefficient (Wildman–Crippen LogP) is 6.69. The van der Waals surface area contributed by atoms with Crippen molar-refractivity contribution >= 4 is 35.2 Å². The summed E-state index contributed by atoms with van der Waals surface area (Å²) in [6.45, 7) is 5.07. The second-order valence-corrected chi connectivity index (χ2v) is 10.5. The number of carbonyl (C=O) groups is 2. The van der Waals surface area contributed by atoms with E-state index < -0.39 is 6.04 Å². The zero-order chi connectivity index (χ0) is 25.8. The highest BCUT2D eigenvalue weighted by Gasteiger charge is 2.30. The molecule has 3 rings (SSSR count). The van der Waals surface area contributed by atoms with Crippen molar-refractivity contribution in [3.63, 3.8) is 0 Å². The molecule has 1 atom stereocenters. The highest BCUT2D eigenvalue weighted by Crippen LogP contribution is 2.22. The topological polar surface area (TPSA) is 49.4 Å². The van der Waals surface area contributed by atoms with Crippen LogP contribution < -0.4 is 5.32 Å². The molecule has 0 saturated heterocycles. The average molecular weight is 523 g/mol. The highest BCUT2D eigenvalue weighted by molar-refractivity contribution is 7.99. The Labute approximate surface area is 224 Å². The number of halogens is 1. The summed E-state index contributed by atoms with van der Waals surface area (Å²) in [5, 5.41) is 3.75. The lowest BCUT2D eigenvalue weighted by Crippen LogP contribution is -2.50. The minimum Gasteiger partial charge on any atom is -0.354 e. The first-order chi connectivity index (χ1) is 17.5. The highest BCUT2D eigenvalue weighted by atomic mass is 35.5. The van der Waals surface area contributed by atoms with Gasteiger partial charge in [-0.1, -0.05) is 78.7 Å². The fourth-order valence-electron chi connectivity index (χ4n) is 4.02. The molecule has 0 aliphatic rings. The third-order valence-electron chi connectivity index (χ3n) is 5.87. The number of aryl methyl sites for hydroxylation is 1. The molecule has 0 saturated carbocycles. The van der Waals surface area contributed by atoms with Crippen LogP contribution in [0, 0.1) is 6.92 Å². The molecule has 3 aromatic carbocycles. The lowest BCUT2D eigenvalue weighted by atomic mass is 10.0. The molecule has 3 aromatic rings. The third-order valence-corrected chi connectivity index (χ3v) is 7.22. The summed E-state index contributed by atoms with van der Waals surface area (Å²) in [5.74, 6) is 0.717. The second kappa shape index (κ2) is 14.7. The number of hydrogen-bond donors (Lipinski definition) is 1. The van der Waals surface area contributed by atoms with E-state index in [-0.39, 0.29) is 11.8 Å². The fourth-order valence-corrected chi connectivity index (χ4v) is 4.99. The van der Waals surface area contributed by atoms with Gasteiger partial charge in [-0.2, -0.15) is 0 Å². The number of rotatable bonds is 13. The van der Waals surface area contributed by atoms with Gasteiger partial charge in [-0.05, 0) is 60.9 Å². The van der Waals surface area contributed by atoms with Crippen molar-refractivity contribution in [2.24, 2.45) is 0 Å². The molecule has 0 aliphatic carbocycles. The second-order valence-electron chi connectivity index (χ2n) is 8.91. The van der Waals surface area contributed by atoms with Gasteiger partial charge in [0.05, 0.1) is 0 Å². The van der Waals surface area contributed by atoms with Crippen LogP contribution in [0.1, 0.15) is 42.9 Å². The summed E-state index contributed by atoms with van der Waals surface area (Å²) in [6, 6.07) is 25.2. The minimum absolute atomic E-state index is 0.000733. The summed E-state index contributed by atoms with van der Waals surface area (Å²) < 4.78 is 0. The molecule has 0 heterocycles. The molecule has 0 radical (unpaired) electrons. The predicted molar refractivity (Wildman–Crippen MR) is 150 cm³/mol. The van der Waals surface area contributed by atoms with Crippen LogP contribution in [-0.4, -0.2) is 35.1 Å². The van der Waals surface area contributed by atoms with Gasteiger partial charge in [-0.15, -0.1) is 11.8 Å². The van der Waals surface area contributed by atoms with Crippen LogP contribution in [0.5, 0.6) is 0 Å². The monoisotopic (exact) mass is 522 g/mol. The molecule has 4 nitrogen and oxygen atoms in total. The van der Waals surface area contributed by atoms with Crippen molar-refractivity contribution < 1.29 is 9.59 Å². The molecule has 1 N–H and O–H groups in total. The van der Waals surface area contributed by atoms with Crippen LogP contribution in [0.2, 0.25) is 5.02 Å². The van der Waals surface area contributed by atoms with E-state index in [1.807, 2.05) is 86.6 Å². The summed E-state index contributed by atoms with van der Waals surface area (Å²) in [7, 11) is 0. The van der Waals surface area contributed by atoms with E-state index in [2.05, 4.69) is 11.4 Å². The maximum atomic E-state index is 13.6. The van der Waals surface area contributed by atoms with Gasteiger partial charge < -0.3 is 10.2 Å². The van der Waals surface area contributed by atoms with Crippen molar-refractivity contribution in [3.05, 3.63) is 101 Å². The first-order valence-corrected chi connectivity index (χ1v) is 13.9. The van der Waals surface area contributed by atoms with Gasteiger partial charge in [-0.3, -0.25) is 9.59 Å². The standard InChI is InChI=1S/C30H35ClN2O2S/c1-3-18-32-30(35)28(21-24-10-5-4-6-11-24)33(22-25-12-7-9-23(2)20-25)29(34)13-8-19-36-27-16-14-26(31)15-17-27/h4-7,9-12,14-17,20,28H,3,8,13,18-19,21-22H2,1-2H3,(H,32,35)/t28-/m0/s1. The largest absolute Gasteiger partial charge is 0.354 e. The third kappa shape index (κ3) is 9.03. The van der Waals surface area contributed by atoms with Gasteiger partial charge in [0.1, 0.15) is 6.04 Å². The zero-order valence-electron chi connectivity index (χ0n) is 21.1. The van der Waals surface area contributed by atoms with Crippen LogP contribution >= 0.6 is 23.4 Å². The van der Waals surface area contributed by atoms with Crippen LogP contribution in [0.3, 0.4) is 0 Å². The Morgan fingerprint density at radius 2 is 1.69 bits per heavy atom. The van der Waals surface area contributed by atoms with Crippen molar-refractivity contribution in [1.82, 2.24) is 10.2 Å². The summed E-state index contributed by atoms with van der Waals surface area (Å²) in [4.78, 5) is 29.9. The van der Waals surface area contributed by atoms with Gasteiger partial charge in [0, 0.05) is 35.8 Å². The minimum atomic E-state index is -0.573. The number of hydrogen-bond acceptors (Lipinski definition) is 3. The van der Waals surface area contributed by atoms with Crippen molar-refractivity contribution in [3.8, 4) is 0 Å². The van der Waals surface area contributed by atoms with E-state index in [0.29, 0.717) is 31.0 Å². The van der Waals surface area contributed by atoms with Crippen molar-refractivity contribution in [2.45, 2.75) is 57.0 Å². The molecule has 0 fully saturated rings. The van der Waals surface area contributed by atoms with Crippen molar-refractivity contribution in [1.29, 1.82) is 0 Å². The molecular formula is C30H35ClN2O2S. The molecule has 36 heavy (non-hydrogen) atoms. The first kappa shape index (κ1) is 27.8. The first-order valence-electron chi connectivity index (χ1n) is 12.5. The van der Waals surface area contributed by atoms with Gasteiger partial charge >= 0.3 is 0 Å². The molecular weight excluding hydrogens is 488 g/mol. The quantitative estimate of drug-likeness (QED) is 0.201. The molecule has 190 valence electrons. The normalized spacial score (nSPS) is 11.6. The Bertz CT molecular complexity index is 1110. The number of benzene rings is 3. The number of nitrogens with one attached hydrogen (secondary N) is 1. The van der Waals surface area contributed by atoms with Crippen LogP contribution in [-0.2, 0) is 22.6 Å². The number of thioether (sulfide) groups is 1. The van der Waals surface area contributed by atoms with E-state index in [0.717, 1.165) is 40.2 Å². The molecule has 0 aromatic heterocycles. The van der Waals surface area contributed by atoms with Gasteiger partial charge in [-0.25, -0.2) is 0 Å². The van der Waals surface area contributed by atoms with Crippen LogP contribution in [0.15, 0.2) is 83.8 Å². The molecule has 0 spiro atoms. The van der Waals surface area contributed by atoms with Crippen molar-refractivity contribution in [2.75, 3.05) is 12.3 Å². The SMILES string of the molecule is CCCNC(=O)[C@H](Cc1ccccc1)N(Cc1cccc(C)c1)C(=O)CCCSc1ccc(Cl)cc1. The maximum Gasteiger partial charge on any atom is 0.243 e. The fraction of sp³-hybridized carbons (Fsp3) is 0.333. The molecule has 2 amide bonds. The molecule has 0 bridgehead atoms. The van der Waals surface area contributed by atoms with E-state index in [4.69, 9.17) is 11.6 Å². The van der Waals surface area contributed by atoms with Gasteiger partial charge in [0.15, 0.2) is 0 Å². The molecule has 0 aliphatic heterocycles. The molecule has 0 unspecified atom stereocenters. The smallest absolute Gasteiger partial charge is 0.243 e. The number of carbonyl (C=O) groups excluding carboxylic acids is 2. The van der Waals surface area contributed by atoms with Gasteiger partial charge in [0.25, 0.3) is 0 Å². The Kier molecular flexibility index (Phi) is 11.4. The van der Waals surface area contributed by atoms with E-state index in [1.54, 1.807) is 16.7 Å². The van der Waals surface area contributed by atoms with Crippen LogP contribution in [0.4, 0.5) is 0 Å². The Morgan fingerprint density at radius 3 is 2.39 bits per heavy atom. The van der Waals surface area contributed by atoms with E-state index >= 15 is 0 Å². The Hall–Kier alpha value is -2.76. The number of nitrogens with zero attached hydrogens (tertiary/aromatic N) is 1. The summed E-state index contributed by atoms with van der Waals surface area (Å²) in [5.41, 5.74) is 3.20. The number of amides is 2. The van der Waals surface area contributed by atoms with Crippen LogP contribution in [0.25, 0.3) is 0 Å². The van der Waals surface area contributed by atoms with E-state index in [1.165, 1.54) is 0 Å². The lowest BCUT2D eigenvalue weighted by Gasteiger charge is -2.31. The molecule has 6 heteroatoms. The lowest BCUT2D eigenvalue weighted by molar-refractivity contribution is -0.141. The average Bonchev–Trinajstić information content (AvgIpc) is 2.88. The summed E-state index contributed by atoms with van der Waals surface area (Å²) >= 11 is 7.69. The Balaban J connectivity index is 1.77. The van der Waals surface area contributed by atoms with E-state index in [9.17, 15) is 9.59 Å². The zero-order valence-corrected chi connectivity index (χ0v) is 22.7. The maximum absolute atomic E-state index is 13.6. The summed E-state index contributed by atoms with van der Waals surface area (Å²) in [6.07, 6.45) is 2.44. The Morgan fingerprint density at radius 1 is 0.972 bits per heavy atom.